The van der Waals surface area contributed by atoms with Crippen molar-refractivity contribution in [1.29, 1.82) is 0 Å². The van der Waals surface area contributed by atoms with Gasteiger partial charge in [0, 0.05) is 5.92 Å². The van der Waals surface area contributed by atoms with E-state index in [0.717, 1.165) is 25.7 Å². The molecular formula is C11H18O3S. The fourth-order valence-electron chi connectivity index (χ4n) is 2.11. The molecule has 0 aliphatic heterocycles. The first-order chi connectivity index (χ1) is 7.03. The number of sulfone groups is 1. The van der Waals surface area contributed by atoms with Crippen molar-refractivity contribution < 1.29 is 13.2 Å². The van der Waals surface area contributed by atoms with E-state index in [0.29, 0.717) is 6.29 Å². The third-order valence-electron chi connectivity index (χ3n) is 2.84. The van der Waals surface area contributed by atoms with Gasteiger partial charge < -0.3 is 4.79 Å². The minimum absolute atomic E-state index is 0.201. The molecule has 0 aromatic rings. The van der Waals surface area contributed by atoms with E-state index in [1.807, 2.05) is 0 Å². The van der Waals surface area contributed by atoms with Crippen LogP contribution in [0.2, 0.25) is 0 Å². The Labute approximate surface area is 92.2 Å². The van der Waals surface area contributed by atoms with Crippen LogP contribution in [0.4, 0.5) is 0 Å². The molecule has 1 saturated carbocycles. The molecule has 4 heteroatoms. The molecule has 1 fully saturated rings. The van der Waals surface area contributed by atoms with Crippen molar-refractivity contribution in [1.82, 2.24) is 0 Å². The fourth-order valence-corrected chi connectivity index (χ4v) is 3.97. The number of hydrogen-bond donors (Lipinski definition) is 0. The second-order valence-corrected chi connectivity index (χ2v) is 6.53. The maximum absolute atomic E-state index is 11.6. The normalized spacial score (nSPS) is 21.1. The molecule has 0 spiro atoms. The average molecular weight is 230 g/mol. The summed E-state index contributed by atoms with van der Waals surface area (Å²) < 4.78 is 23.3. The molecule has 0 amide bonds. The highest BCUT2D eigenvalue weighted by Crippen LogP contribution is 2.25. The van der Waals surface area contributed by atoms with Crippen LogP contribution in [0.5, 0.6) is 0 Å². The topological polar surface area (TPSA) is 51.2 Å². The quantitative estimate of drug-likeness (QED) is 0.673. The summed E-state index contributed by atoms with van der Waals surface area (Å²) in [5.74, 6) is -0.581. The second-order valence-electron chi connectivity index (χ2n) is 4.38. The standard InChI is InChI=1S/C11H18O3S/c1-10(7-12)8-15(13,14)9-11-5-3-2-4-6-11/h1,7,10-11H,2-6,8-9H2/t10-/m1/s1. The number of hydrogen-bond acceptors (Lipinski definition) is 3. The molecule has 1 aliphatic carbocycles. The zero-order valence-corrected chi connectivity index (χ0v) is 9.71. The van der Waals surface area contributed by atoms with E-state index in [4.69, 9.17) is 6.92 Å². The van der Waals surface area contributed by atoms with Gasteiger partial charge >= 0.3 is 0 Å². The molecule has 0 aromatic carbocycles. The van der Waals surface area contributed by atoms with Crippen LogP contribution >= 0.6 is 0 Å². The van der Waals surface area contributed by atoms with Crippen LogP contribution in [-0.2, 0) is 14.6 Å². The highest BCUT2D eigenvalue weighted by molar-refractivity contribution is 7.91. The van der Waals surface area contributed by atoms with E-state index in [9.17, 15) is 13.2 Å². The van der Waals surface area contributed by atoms with E-state index in [-0.39, 0.29) is 17.4 Å². The third-order valence-corrected chi connectivity index (χ3v) is 4.71. The minimum Gasteiger partial charge on any atom is -0.303 e. The van der Waals surface area contributed by atoms with Crippen LogP contribution < -0.4 is 0 Å². The number of aldehydes is 1. The first-order valence-corrected chi connectivity index (χ1v) is 7.27. The number of carbonyl (C=O) groups is 1. The van der Waals surface area contributed by atoms with Gasteiger partial charge in [0.05, 0.1) is 11.5 Å². The van der Waals surface area contributed by atoms with E-state index in [1.165, 1.54) is 6.42 Å². The number of carbonyl (C=O) groups excluding carboxylic acids is 1. The minimum atomic E-state index is -3.15. The van der Waals surface area contributed by atoms with Gasteiger partial charge in [0.2, 0.25) is 0 Å². The SMILES string of the molecule is [CH][C@H](C=O)CS(=O)(=O)CC1CCCCC1. The smallest absolute Gasteiger partial charge is 0.151 e. The number of rotatable bonds is 5. The lowest BCUT2D eigenvalue weighted by atomic mass is 9.91. The summed E-state index contributed by atoms with van der Waals surface area (Å²) in [6.45, 7) is 5.32. The largest absolute Gasteiger partial charge is 0.303 e. The summed E-state index contributed by atoms with van der Waals surface area (Å²) in [5.41, 5.74) is 0. The Morgan fingerprint density at radius 3 is 2.40 bits per heavy atom. The lowest BCUT2D eigenvalue weighted by molar-refractivity contribution is -0.109. The first kappa shape index (κ1) is 12.7. The van der Waals surface area contributed by atoms with Crippen molar-refractivity contribution in [2.45, 2.75) is 32.1 Å². The molecule has 1 rings (SSSR count). The van der Waals surface area contributed by atoms with Gasteiger partial charge in [-0.2, -0.15) is 0 Å². The highest BCUT2D eigenvalue weighted by atomic mass is 32.2. The molecule has 0 unspecified atom stereocenters. The predicted molar refractivity (Wildman–Crippen MR) is 59.1 cm³/mol. The average Bonchev–Trinajstić information content (AvgIpc) is 2.17. The van der Waals surface area contributed by atoms with Gasteiger partial charge in [0.25, 0.3) is 0 Å². The van der Waals surface area contributed by atoms with Gasteiger partial charge in [-0.15, -0.1) is 0 Å². The predicted octanol–water partition coefficient (Wildman–Crippen LogP) is 1.51. The van der Waals surface area contributed by atoms with E-state index in [1.54, 1.807) is 0 Å². The Morgan fingerprint density at radius 1 is 1.27 bits per heavy atom. The lowest BCUT2D eigenvalue weighted by Crippen LogP contribution is -2.24. The Bertz CT molecular complexity index is 289. The molecule has 1 aliphatic rings. The molecule has 0 heterocycles. The maximum atomic E-state index is 11.6. The van der Waals surface area contributed by atoms with E-state index in [2.05, 4.69) is 0 Å². The van der Waals surface area contributed by atoms with Crippen molar-refractivity contribution in [3.8, 4) is 0 Å². The monoisotopic (exact) mass is 230 g/mol. The summed E-state index contributed by atoms with van der Waals surface area (Å²) in [4.78, 5) is 10.3. The zero-order chi connectivity index (χ0) is 11.3. The second kappa shape index (κ2) is 5.64. The molecule has 0 saturated heterocycles. The van der Waals surface area contributed by atoms with Crippen LogP contribution in [0.3, 0.4) is 0 Å². The molecule has 0 N–H and O–H groups in total. The molecule has 3 nitrogen and oxygen atoms in total. The summed E-state index contributed by atoms with van der Waals surface area (Å²) in [7, 11) is -3.15. The third kappa shape index (κ3) is 4.78. The molecule has 0 aromatic heterocycles. The molecular weight excluding hydrogens is 212 g/mol. The van der Waals surface area contributed by atoms with Gasteiger partial charge in [-0.05, 0) is 25.7 Å². The Kier molecular flexibility index (Phi) is 4.77. The summed E-state index contributed by atoms with van der Waals surface area (Å²) in [6.07, 6.45) is 5.95. The molecule has 2 radical (unpaired) electrons. The fraction of sp³-hybridized carbons (Fsp3) is 0.818. The van der Waals surface area contributed by atoms with Crippen LogP contribution in [-0.4, -0.2) is 26.2 Å². The lowest BCUT2D eigenvalue weighted by Gasteiger charge is -2.21. The van der Waals surface area contributed by atoms with Crippen LogP contribution in [0.25, 0.3) is 0 Å². The van der Waals surface area contributed by atoms with Crippen molar-refractivity contribution >= 4 is 16.1 Å². The van der Waals surface area contributed by atoms with Crippen molar-refractivity contribution in [3.05, 3.63) is 6.92 Å². The van der Waals surface area contributed by atoms with Crippen molar-refractivity contribution in [2.24, 2.45) is 11.8 Å². The summed E-state index contributed by atoms with van der Waals surface area (Å²) in [5, 5.41) is 0. The Hall–Kier alpha value is -0.380. The van der Waals surface area contributed by atoms with E-state index < -0.39 is 15.8 Å². The van der Waals surface area contributed by atoms with Crippen LogP contribution in [0, 0.1) is 18.8 Å². The molecule has 0 bridgehead atoms. The molecule has 15 heavy (non-hydrogen) atoms. The highest BCUT2D eigenvalue weighted by Gasteiger charge is 2.22. The maximum Gasteiger partial charge on any atom is 0.151 e. The van der Waals surface area contributed by atoms with Gasteiger partial charge in [0.15, 0.2) is 9.84 Å². The van der Waals surface area contributed by atoms with Crippen LogP contribution in [0.1, 0.15) is 32.1 Å². The zero-order valence-electron chi connectivity index (χ0n) is 8.89. The summed E-state index contributed by atoms with van der Waals surface area (Å²) >= 11 is 0. The Balaban J connectivity index is 2.44. The van der Waals surface area contributed by atoms with Gasteiger partial charge in [-0.1, -0.05) is 19.3 Å². The van der Waals surface area contributed by atoms with Gasteiger partial charge in [-0.3, -0.25) is 0 Å². The first-order valence-electron chi connectivity index (χ1n) is 5.45. The van der Waals surface area contributed by atoms with Crippen molar-refractivity contribution in [2.75, 3.05) is 11.5 Å². The molecule has 86 valence electrons. The van der Waals surface area contributed by atoms with Gasteiger partial charge in [-0.25, -0.2) is 8.42 Å². The van der Waals surface area contributed by atoms with E-state index >= 15 is 0 Å². The van der Waals surface area contributed by atoms with Crippen molar-refractivity contribution in [3.63, 3.8) is 0 Å². The van der Waals surface area contributed by atoms with Gasteiger partial charge in [0.1, 0.15) is 6.29 Å². The van der Waals surface area contributed by atoms with Crippen LogP contribution in [0.15, 0.2) is 0 Å². The summed E-state index contributed by atoms with van der Waals surface area (Å²) in [6, 6.07) is 0. The Morgan fingerprint density at radius 2 is 1.87 bits per heavy atom. The molecule has 1 atom stereocenters.